The molecule has 0 saturated heterocycles. The van der Waals surface area contributed by atoms with E-state index in [1.54, 1.807) is 0 Å². The zero-order valence-electron chi connectivity index (χ0n) is 8.58. The highest BCUT2D eigenvalue weighted by atomic mass is 15.2. The van der Waals surface area contributed by atoms with E-state index >= 15 is 0 Å². The summed E-state index contributed by atoms with van der Waals surface area (Å²) in [5, 5.41) is 7.78. The smallest absolute Gasteiger partial charge is 0.0434 e. The van der Waals surface area contributed by atoms with Crippen LogP contribution in [0, 0.1) is 5.41 Å². The maximum Gasteiger partial charge on any atom is 0.0434 e. The number of azide groups is 2. The van der Waals surface area contributed by atoms with Crippen molar-refractivity contribution in [3.63, 3.8) is 0 Å². The fraction of sp³-hybridized carbons (Fsp3) is 1.00. The molecule has 0 aliphatic heterocycles. The minimum absolute atomic E-state index is 0.0154. The molecule has 2 atom stereocenters. The van der Waals surface area contributed by atoms with Crippen molar-refractivity contribution in [1.82, 2.24) is 0 Å². The molecule has 2 saturated carbocycles. The molecule has 0 aromatic carbocycles. The van der Waals surface area contributed by atoms with E-state index in [1.807, 2.05) is 0 Å². The third kappa shape index (κ3) is 1.52. The van der Waals surface area contributed by atoms with Crippen molar-refractivity contribution in [3.8, 4) is 0 Å². The molecule has 0 aromatic rings. The summed E-state index contributed by atoms with van der Waals surface area (Å²) >= 11 is 0. The number of nitrogens with zero attached hydrogens (tertiary/aromatic N) is 6. The van der Waals surface area contributed by atoms with Crippen molar-refractivity contribution >= 4 is 0 Å². The lowest BCUT2D eigenvalue weighted by Crippen LogP contribution is -2.34. The zero-order chi connectivity index (χ0) is 10.7. The van der Waals surface area contributed by atoms with Crippen LogP contribution in [-0.2, 0) is 0 Å². The van der Waals surface area contributed by atoms with Gasteiger partial charge in [0.1, 0.15) is 0 Å². The van der Waals surface area contributed by atoms with Gasteiger partial charge in [0.15, 0.2) is 0 Å². The van der Waals surface area contributed by atoms with Gasteiger partial charge in [0.05, 0.1) is 0 Å². The summed E-state index contributed by atoms with van der Waals surface area (Å²) in [4.78, 5) is 5.84. The maximum atomic E-state index is 8.54. The molecule has 2 fully saturated rings. The SMILES string of the molecule is [N-]=[N+]=N[C@H]1CCCC12CCC[C@@H]2N=[N+]=[N-]. The average molecular weight is 206 g/mol. The Kier molecular flexibility index (Phi) is 2.71. The Morgan fingerprint density at radius 3 is 1.80 bits per heavy atom. The van der Waals surface area contributed by atoms with Crippen LogP contribution >= 0.6 is 0 Å². The van der Waals surface area contributed by atoms with Crippen LogP contribution in [0.2, 0.25) is 0 Å². The monoisotopic (exact) mass is 206 g/mol. The largest absolute Gasteiger partial charge is 0.0900 e. The molecule has 6 nitrogen and oxygen atoms in total. The van der Waals surface area contributed by atoms with Gasteiger partial charge >= 0.3 is 0 Å². The zero-order valence-corrected chi connectivity index (χ0v) is 8.58. The summed E-state index contributed by atoms with van der Waals surface area (Å²) in [6, 6.07) is 0.0843. The van der Waals surface area contributed by atoms with Crippen LogP contribution in [0.15, 0.2) is 10.2 Å². The molecule has 2 aliphatic rings. The van der Waals surface area contributed by atoms with E-state index in [2.05, 4.69) is 20.1 Å². The van der Waals surface area contributed by atoms with E-state index in [1.165, 1.54) is 0 Å². The van der Waals surface area contributed by atoms with Gasteiger partial charge in [0.25, 0.3) is 0 Å². The summed E-state index contributed by atoms with van der Waals surface area (Å²) in [5.74, 6) is 0. The normalized spacial score (nSPS) is 38.7. The molecule has 0 heterocycles. The van der Waals surface area contributed by atoms with E-state index in [-0.39, 0.29) is 17.5 Å². The van der Waals surface area contributed by atoms with Crippen LogP contribution in [0.4, 0.5) is 0 Å². The second-order valence-corrected chi connectivity index (χ2v) is 4.46. The first-order valence-electron chi connectivity index (χ1n) is 5.42. The Morgan fingerprint density at radius 1 is 0.933 bits per heavy atom. The Bertz CT molecular complexity index is 305. The number of rotatable bonds is 2. The fourth-order valence-corrected chi connectivity index (χ4v) is 3.31. The molecular formula is C9H14N6. The van der Waals surface area contributed by atoms with Gasteiger partial charge in [0, 0.05) is 21.9 Å². The van der Waals surface area contributed by atoms with Gasteiger partial charge in [-0.25, -0.2) is 0 Å². The van der Waals surface area contributed by atoms with Crippen LogP contribution in [-0.4, -0.2) is 12.1 Å². The first-order valence-corrected chi connectivity index (χ1v) is 5.42. The molecule has 2 rings (SSSR count). The fourth-order valence-electron chi connectivity index (χ4n) is 3.31. The van der Waals surface area contributed by atoms with Crippen LogP contribution in [0.25, 0.3) is 20.9 Å². The molecule has 0 amide bonds. The van der Waals surface area contributed by atoms with Crippen molar-refractivity contribution in [3.05, 3.63) is 20.9 Å². The number of hydrogen-bond donors (Lipinski definition) is 0. The second kappa shape index (κ2) is 4.01. The van der Waals surface area contributed by atoms with Crippen LogP contribution < -0.4 is 0 Å². The Labute approximate surface area is 87.9 Å². The van der Waals surface area contributed by atoms with Crippen molar-refractivity contribution in [2.45, 2.75) is 50.6 Å². The topological polar surface area (TPSA) is 97.5 Å². The quantitative estimate of drug-likeness (QED) is 0.374. The van der Waals surface area contributed by atoms with E-state index in [0.29, 0.717) is 0 Å². The molecular weight excluding hydrogens is 192 g/mol. The predicted molar refractivity (Wildman–Crippen MR) is 56.0 cm³/mol. The highest BCUT2D eigenvalue weighted by molar-refractivity contribution is 5.07. The highest BCUT2D eigenvalue weighted by Gasteiger charge is 2.50. The summed E-state index contributed by atoms with van der Waals surface area (Å²) < 4.78 is 0. The van der Waals surface area contributed by atoms with Gasteiger partial charge in [-0.05, 0) is 42.2 Å². The molecule has 0 radical (unpaired) electrons. The molecule has 6 heteroatoms. The molecule has 0 aromatic heterocycles. The summed E-state index contributed by atoms with van der Waals surface area (Å²) in [7, 11) is 0. The Hall–Kier alpha value is -1.38. The van der Waals surface area contributed by atoms with Crippen LogP contribution in [0.5, 0.6) is 0 Å². The van der Waals surface area contributed by atoms with Crippen molar-refractivity contribution in [2.75, 3.05) is 0 Å². The molecule has 0 bridgehead atoms. The van der Waals surface area contributed by atoms with Crippen LogP contribution in [0.3, 0.4) is 0 Å². The van der Waals surface area contributed by atoms with E-state index in [9.17, 15) is 0 Å². The molecule has 0 unspecified atom stereocenters. The molecule has 80 valence electrons. The predicted octanol–water partition coefficient (Wildman–Crippen LogP) is 3.70. The summed E-state index contributed by atoms with van der Waals surface area (Å²) in [5.41, 5.74) is 17.1. The van der Waals surface area contributed by atoms with Gasteiger partial charge in [-0.3, -0.25) is 0 Å². The standard InChI is InChI=1S/C9H14N6/c10-14-12-7-3-1-5-9(7)6-2-4-8(9)13-15-11/h7-8H,1-6H2/t7-,8-,9?/m0/s1. The lowest BCUT2D eigenvalue weighted by Gasteiger charge is -2.32. The Morgan fingerprint density at radius 2 is 1.40 bits per heavy atom. The second-order valence-electron chi connectivity index (χ2n) is 4.46. The molecule has 0 N–H and O–H groups in total. The average Bonchev–Trinajstić information content (AvgIpc) is 2.79. The summed E-state index contributed by atoms with van der Waals surface area (Å²) in [6.07, 6.45) is 6.14. The summed E-state index contributed by atoms with van der Waals surface area (Å²) in [6.45, 7) is 0. The maximum absolute atomic E-state index is 8.54. The third-order valence-electron chi connectivity index (χ3n) is 3.95. The molecule has 2 aliphatic carbocycles. The number of hydrogen-bond acceptors (Lipinski definition) is 2. The van der Waals surface area contributed by atoms with Gasteiger partial charge in [0.2, 0.25) is 0 Å². The van der Waals surface area contributed by atoms with Crippen LogP contribution in [0.1, 0.15) is 38.5 Å². The molecule has 1 spiro atoms. The molecule has 15 heavy (non-hydrogen) atoms. The highest BCUT2D eigenvalue weighted by Crippen LogP contribution is 2.53. The minimum Gasteiger partial charge on any atom is -0.0900 e. The lowest BCUT2D eigenvalue weighted by atomic mass is 9.78. The van der Waals surface area contributed by atoms with Crippen molar-refractivity contribution in [2.24, 2.45) is 15.6 Å². The van der Waals surface area contributed by atoms with Crippen molar-refractivity contribution < 1.29 is 0 Å². The van der Waals surface area contributed by atoms with Gasteiger partial charge in [-0.15, -0.1) is 0 Å². The van der Waals surface area contributed by atoms with E-state index < -0.39 is 0 Å². The van der Waals surface area contributed by atoms with E-state index in [4.69, 9.17) is 11.1 Å². The van der Waals surface area contributed by atoms with Gasteiger partial charge in [-0.1, -0.05) is 23.1 Å². The first-order chi connectivity index (χ1) is 7.33. The van der Waals surface area contributed by atoms with Gasteiger partial charge < -0.3 is 0 Å². The minimum atomic E-state index is -0.0154. The van der Waals surface area contributed by atoms with Gasteiger partial charge in [-0.2, -0.15) is 0 Å². The lowest BCUT2D eigenvalue weighted by molar-refractivity contribution is 0.234. The third-order valence-corrected chi connectivity index (χ3v) is 3.95. The van der Waals surface area contributed by atoms with E-state index in [0.717, 1.165) is 38.5 Å². The first kappa shape index (κ1) is 10.1. The Balaban J connectivity index is 2.29. The van der Waals surface area contributed by atoms with Crippen molar-refractivity contribution in [1.29, 1.82) is 0 Å².